The fourth-order valence-corrected chi connectivity index (χ4v) is 6.12. The number of anilines is 1. The summed E-state index contributed by atoms with van der Waals surface area (Å²) < 4.78 is 0. The molecule has 0 aromatic carbocycles. The number of rotatable bonds is 3. The maximum Gasteiger partial charge on any atom is 0.239 e. The third-order valence-corrected chi connectivity index (χ3v) is 7.34. The van der Waals surface area contributed by atoms with E-state index < -0.39 is 0 Å². The monoisotopic (exact) mass is 387 g/mol. The highest BCUT2D eigenvalue weighted by Crippen LogP contribution is 2.44. The van der Waals surface area contributed by atoms with Crippen LogP contribution in [0.4, 0.5) is 5.00 Å². The van der Waals surface area contributed by atoms with E-state index in [2.05, 4.69) is 50.9 Å². The van der Waals surface area contributed by atoms with Crippen molar-refractivity contribution in [3.05, 3.63) is 16.0 Å². The minimum absolute atomic E-state index is 0.0127. The van der Waals surface area contributed by atoms with Crippen LogP contribution in [-0.4, -0.2) is 30.4 Å². The van der Waals surface area contributed by atoms with Crippen LogP contribution in [0.5, 0.6) is 0 Å². The molecule has 1 aliphatic carbocycles. The normalized spacial score (nSPS) is 26.3. The highest BCUT2D eigenvalue weighted by molar-refractivity contribution is 7.16. The van der Waals surface area contributed by atoms with Gasteiger partial charge in [0.05, 0.1) is 12.1 Å². The van der Waals surface area contributed by atoms with Crippen molar-refractivity contribution in [2.45, 2.75) is 60.3 Å². The van der Waals surface area contributed by atoms with Gasteiger partial charge in [0.25, 0.3) is 0 Å². The molecule has 0 spiro atoms. The molecule has 1 aromatic rings. The zero-order valence-electron chi connectivity index (χ0n) is 17.4. The number of hydrogen-bond donors (Lipinski definition) is 1. The van der Waals surface area contributed by atoms with Crippen LogP contribution in [0.3, 0.4) is 0 Å². The standard InChI is InChI=1S/C22H33N3OS/c1-14-8-15(2)12-25(11-14)13-20(26)24-21-18(10-23)17-7-6-16(22(3,4)5)9-19(17)27-21/h14-16H,6-9,11-13H2,1-5H3,(H,24,26). The third-order valence-electron chi connectivity index (χ3n) is 6.17. The van der Waals surface area contributed by atoms with Crippen LogP contribution in [-0.2, 0) is 17.6 Å². The van der Waals surface area contributed by atoms with Crippen LogP contribution >= 0.6 is 11.3 Å². The minimum Gasteiger partial charge on any atom is -0.315 e. The lowest BCUT2D eigenvalue weighted by atomic mass is 9.72. The first-order valence-electron chi connectivity index (χ1n) is 10.2. The predicted molar refractivity (Wildman–Crippen MR) is 112 cm³/mol. The van der Waals surface area contributed by atoms with Crippen molar-refractivity contribution in [3.8, 4) is 6.07 Å². The molecule has 1 amide bonds. The summed E-state index contributed by atoms with van der Waals surface area (Å²) in [5, 5.41) is 13.5. The second-order valence-electron chi connectivity index (χ2n) is 9.81. The van der Waals surface area contributed by atoms with Crippen LogP contribution in [0.25, 0.3) is 0 Å². The number of amides is 1. The molecule has 5 heteroatoms. The summed E-state index contributed by atoms with van der Waals surface area (Å²) in [6.07, 6.45) is 4.34. The van der Waals surface area contributed by atoms with Crippen molar-refractivity contribution >= 4 is 22.2 Å². The summed E-state index contributed by atoms with van der Waals surface area (Å²) in [7, 11) is 0. The summed E-state index contributed by atoms with van der Waals surface area (Å²) >= 11 is 1.62. The number of nitriles is 1. The Morgan fingerprint density at radius 2 is 1.96 bits per heavy atom. The molecule has 27 heavy (non-hydrogen) atoms. The average Bonchev–Trinajstić information content (AvgIpc) is 2.88. The molecule has 148 valence electrons. The van der Waals surface area contributed by atoms with Gasteiger partial charge in [-0.1, -0.05) is 34.6 Å². The summed E-state index contributed by atoms with van der Waals surface area (Å²) in [4.78, 5) is 16.2. The molecule has 2 aliphatic rings. The van der Waals surface area contributed by atoms with E-state index in [1.165, 1.54) is 16.9 Å². The first-order valence-corrected chi connectivity index (χ1v) is 11.1. The van der Waals surface area contributed by atoms with Crippen molar-refractivity contribution in [1.82, 2.24) is 4.90 Å². The van der Waals surface area contributed by atoms with Crippen LogP contribution in [0.2, 0.25) is 0 Å². The number of carbonyl (C=O) groups is 1. The lowest BCUT2D eigenvalue weighted by molar-refractivity contribution is -0.117. The third kappa shape index (κ3) is 4.73. The van der Waals surface area contributed by atoms with Gasteiger partial charge in [-0.2, -0.15) is 5.26 Å². The average molecular weight is 388 g/mol. The van der Waals surface area contributed by atoms with Crippen molar-refractivity contribution in [2.24, 2.45) is 23.2 Å². The molecule has 1 aromatic heterocycles. The minimum atomic E-state index is 0.0127. The second kappa shape index (κ2) is 7.93. The first kappa shape index (κ1) is 20.4. The van der Waals surface area contributed by atoms with E-state index in [4.69, 9.17) is 0 Å². The number of likely N-dealkylation sites (tertiary alicyclic amines) is 1. The van der Waals surface area contributed by atoms with Crippen molar-refractivity contribution in [1.29, 1.82) is 5.26 Å². The van der Waals surface area contributed by atoms with E-state index in [-0.39, 0.29) is 11.3 Å². The van der Waals surface area contributed by atoms with Crippen molar-refractivity contribution < 1.29 is 4.79 Å². The van der Waals surface area contributed by atoms with Gasteiger partial charge in [-0.3, -0.25) is 9.69 Å². The smallest absolute Gasteiger partial charge is 0.239 e. The van der Waals surface area contributed by atoms with E-state index in [0.29, 0.717) is 29.9 Å². The Morgan fingerprint density at radius 3 is 2.56 bits per heavy atom. The Morgan fingerprint density at radius 1 is 1.30 bits per heavy atom. The van der Waals surface area contributed by atoms with E-state index >= 15 is 0 Å². The molecule has 0 radical (unpaired) electrons. The largest absolute Gasteiger partial charge is 0.315 e. The highest BCUT2D eigenvalue weighted by atomic mass is 32.1. The zero-order chi connectivity index (χ0) is 19.8. The number of fused-ring (bicyclic) bond motifs is 1. The maximum absolute atomic E-state index is 12.6. The van der Waals surface area contributed by atoms with E-state index in [1.807, 2.05) is 0 Å². The molecular weight excluding hydrogens is 354 g/mol. The second-order valence-corrected chi connectivity index (χ2v) is 10.9. The summed E-state index contributed by atoms with van der Waals surface area (Å²) in [6, 6.07) is 2.36. The van der Waals surface area contributed by atoms with Crippen LogP contribution < -0.4 is 5.32 Å². The molecule has 0 saturated carbocycles. The fraction of sp³-hybridized carbons (Fsp3) is 0.727. The molecule has 0 bridgehead atoms. The van der Waals surface area contributed by atoms with Gasteiger partial charge in [0.1, 0.15) is 11.1 Å². The molecule has 3 rings (SSSR count). The lowest BCUT2D eigenvalue weighted by Crippen LogP contribution is -2.42. The van der Waals surface area contributed by atoms with Gasteiger partial charge in [-0.25, -0.2) is 0 Å². The molecule has 4 nitrogen and oxygen atoms in total. The van der Waals surface area contributed by atoms with Gasteiger partial charge in [0.2, 0.25) is 5.91 Å². The van der Waals surface area contributed by atoms with Gasteiger partial charge >= 0.3 is 0 Å². The molecule has 3 unspecified atom stereocenters. The number of hydrogen-bond acceptors (Lipinski definition) is 4. The highest BCUT2D eigenvalue weighted by Gasteiger charge is 2.32. The van der Waals surface area contributed by atoms with Gasteiger partial charge in [0.15, 0.2) is 0 Å². The Bertz CT molecular complexity index is 730. The van der Waals surface area contributed by atoms with E-state index in [9.17, 15) is 10.1 Å². The SMILES string of the molecule is CC1CC(C)CN(CC(=O)Nc2sc3c(c2C#N)CCC(C(C)(C)C)C3)C1. The Balaban J connectivity index is 1.70. The van der Waals surface area contributed by atoms with Crippen LogP contribution in [0.15, 0.2) is 0 Å². The quantitative estimate of drug-likeness (QED) is 0.819. The van der Waals surface area contributed by atoms with Crippen molar-refractivity contribution in [3.63, 3.8) is 0 Å². The lowest BCUT2D eigenvalue weighted by Gasteiger charge is -2.34. The van der Waals surface area contributed by atoms with E-state index in [1.54, 1.807) is 11.3 Å². The Kier molecular flexibility index (Phi) is 5.98. The Labute approximate surface area is 167 Å². The van der Waals surface area contributed by atoms with Gasteiger partial charge < -0.3 is 5.32 Å². The zero-order valence-corrected chi connectivity index (χ0v) is 18.2. The maximum atomic E-state index is 12.6. The van der Waals surface area contributed by atoms with Crippen LogP contribution in [0, 0.1) is 34.5 Å². The van der Waals surface area contributed by atoms with Gasteiger partial charge in [-0.15, -0.1) is 11.3 Å². The molecule has 1 fully saturated rings. The van der Waals surface area contributed by atoms with Gasteiger partial charge in [-0.05, 0) is 54.4 Å². The topological polar surface area (TPSA) is 56.1 Å². The van der Waals surface area contributed by atoms with Crippen LogP contribution in [0.1, 0.15) is 63.5 Å². The fourth-order valence-electron chi connectivity index (χ4n) is 4.82. The molecule has 1 saturated heterocycles. The molecule has 1 aliphatic heterocycles. The van der Waals surface area contributed by atoms with E-state index in [0.717, 1.165) is 37.4 Å². The molecular formula is C22H33N3OS. The summed E-state index contributed by atoms with van der Waals surface area (Å²) in [6.45, 7) is 13.8. The number of nitrogens with zero attached hydrogens (tertiary/aromatic N) is 2. The number of carbonyl (C=O) groups excluding carboxylic acids is 1. The first-order chi connectivity index (χ1) is 12.7. The summed E-state index contributed by atoms with van der Waals surface area (Å²) in [5.74, 6) is 1.92. The number of thiophene rings is 1. The number of piperidine rings is 1. The molecule has 1 N–H and O–H groups in total. The number of nitrogens with one attached hydrogen (secondary N) is 1. The molecule has 3 atom stereocenters. The van der Waals surface area contributed by atoms with Gasteiger partial charge in [0, 0.05) is 18.0 Å². The molecule has 2 heterocycles. The summed E-state index contributed by atoms with van der Waals surface area (Å²) in [5.41, 5.74) is 2.16. The Hall–Kier alpha value is -1.38. The predicted octanol–water partition coefficient (Wildman–Crippen LogP) is 4.69. The van der Waals surface area contributed by atoms with Crippen molar-refractivity contribution in [2.75, 3.05) is 25.0 Å².